The number of amides is 7. The van der Waals surface area contributed by atoms with E-state index in [0.717, 1.165) is 53.8 Å². The molecule has 73 heavy (non-hydrogen) atoms. The van der Waals surface area contributed by atoms with Gasteiger partial charge < -0.3 is 25.2 Å². The number of piperazine rings is 1. The predicted octanol–water partition coefficient (Wildman–Crippen LogP) is 5.52. The van der Waals surface area contributed by atoms with Gasteiger partial charge in [-0.1, -0.05) is 55.7 Å². The van der Waals surface area contributed by atoms with Gasteiger partial charge in [0.2, 0.25) is 23.7 Å². The Balaban J connectivity index is 0.730. The van der Waals surface area contributed by atoms with Crippen LogP contribution in [-0.2, 0) is 19.1 Å². The second kappa shape index (κ2) is 22.9. The van der Waals surface area contributed by atoms with Crippen LogP contribution in [0, 0.1) is 12.7 Å². The van der Waals surface area contributed by atoms with Crippen molar-refractivity contribution >= 4 is 53.0 Å². The zero-order valence-corrected chi connectivity index (χ0v) is 41.1. The maximum Gasteiger partial charge on any atom is 0.320 e. The maximum absolute atomic E-state index is 14.3. The van der Waals surface area contributed by atoms with E-state index in [1.807, 2.05) is 48.2 Å². The summed E-state index contributed by atoms with van der Waals surface area (Å²) in [5, 5.41) is 16.7. The minimum atomic E-state index is -1.01. The molecule has 9 rings (SSSR count). The predicted molar refractivity (Wildman–Crippen MR) is 271 cm³/mol. The highest BCUT2D eigenvalue weighted by molar-refractivity contribution is 6.25. The van der Waals surface area contributed by atoms with Gasteiger partial charge in [-0.25, -0.2) is 23.8 Å². The Morgan fingerprint density at radius 2 is 1.62 bits per heavy atom. The van der Waals surface area contributed by atoms with Crippen molar-refractivity contribution in [3.63, 3.8) is 0 Å². The molecule has 0 spiro atoms. The number of nitrogens with one attached hydrogen (secondary N) is 4. The smallest absolute Gasteiger partial charge is 0.320 e. The van der Waals surface area contributed by atoms with Gasteiger partial charge in [-0.05, 0) is 68.1 Å². The average molecular weight is 997 g/mol. The first-order valence-electron chi connectivity index (χ1n) is 25.1. The number of halogens is 1. The number of imide groups is 2. The first kappa shape index (κ1) is 50.4. The summed E-state index contributed by atoms with van der Waals surface area (Å²) in [6.07, 6.45) is 8.48. The molecule has 3 fully saturated rings. The minimum absolute atomic E-state index is 0.0635. The molecule has 20 heteroatoms. The van der Waals surface area contributed by atoms with E-state index >= 15 is 0 Å². The Hall–Kier alpha value is -7.58. The largest absolute Gasteiger partial charge is 0.384 e. The standard InChI is InChI=1S/C53H61FN12O7/c1-34-47(61-66(38-15-7-6-8-16-38)48(34)60-53(72)58-42-33-62(27-28-73-2)32-40(42)35-13-11-14-37(54)29-35)36-30-56-52(57-31-36)64-25-23-63(24-26-64)45(68)19-9-4-3-5-10-22-55-41-18-12-17-39-46(41)51(71)65(50(39)70)43-20-21-44(67)59-49(43)69/h6-8,11-18,29-31,40,42-43,55H,3-5,9-10,19-28,32-33H2,1-2H3,(H2,58,60,72)(H,59,67,69)/t40-,42+,43?/m0/s1. The Morgan fingerprint density at radius 1 is 0.863 bits per heavy atom. The van der Waals surface area contributed by atoms with Crippen molar-refractivity contribution in [1.82, 2.24) is 45.1 Å². The Kier molecular flexibility index (Phi) is 15.8. The van der Waals surface area contributed by atoms with Crippen LogP contribution in [0.3, 0.4) is 0 Å². The number of piperidine rings is 1. The third-order valence-electron chi connectivity index (χ3n) is 14.1. The van der Waals surface area contributed by atoms with Gasteiger partial charge in [0, 0.05) is 107 Å². The fourth-order valence-electron chi connectivity index (χ4n) is 10.2. The molecular weight excluding hydrogens is 936 g/mol. The molecule has 4 aliphatic rings. The average Bonchev–Trinajstić information content (AvgIpc) is 4.04. The number of para-hydroxylation sites is 1. The first-order valence-corrected chi connectivity index (χ1v) is 25.1. The molecule has 382 valence electrons. The van der Waals surface area contributed by atoms with Crippen molar-refractivity contribution in [3.05, 3.63) is 113 Å². The molecular formula is C53H61FN12O7. The SMILES string of the molecule is COCCN1C[C@@H](NC(=O)Nc2c(C)c(-c3cnc(N4CCN(C(=O)CCCCCCCNc5cccc6c5C(=O)N(C5CCC(=O)NC5=O)C6=O)CC4)nc3)nn2-c2ccccc2)[C@H](c2cccc(F)c2)C1. The van der Waals surface area contributed by atoms with E-state index < -0.39 is 35.7 Å². The molecule has 0 saturated carbocycles. The molecule has 0 bridgehead atoms. The number of urea groups is 1. The first-order chi connectivity index (χ1) is 35.5. The van der Waals surface area contributed by atoms with E-state index in [1.165, 1.54) is 12.1 Å². The van der Waals surface area contributed by atoms with Crippen LogP contribution in [0.1, 0.15) is 89.1 Å². The Bertz CT molecular complexity index is 2840. The molecule has 6 heterocycles. The molecule has 7 amide bonds. The zero-order chi connectivity index (χ0) is 51.0. The van der Waals surface area contributed by atoms with Gasteiger partial charge in [0.05, 0.1) is 29.5 Å². The number of likely N-dealkylation sites (tertiary alicyclic amines) is 1. The van der Waals surface area contributed by atoms with Crippen LogP contribution in [0.2, 0.25) is 0 Å². The fraction of sp³-hybridized carbons (Fsp3) is 0.415. The number of anilines is 3. The number of aromatic nitrogens is 4. The number of methoxy groups -OCH3 is 1. The summed E-state index contributed by atoms with van der Waals surface area (Å²) in [4.78, 5) is 94.3. The van der Waals surface area contributed by atoms with Gasteiger partial charge in [-0.3, -0.25) is 44.4 Å². The lowest BCUT2D eigenvalue weighted by atomic mass is 9.94. The number of nitrogens with zero attached hydrogens (tertiary/aromatic N) is 8. The number of hydrogen-bond donors (Lipinski definition) is 4. The molecule has 2 aromatic heterocycles. The van der Waals surface area contributed by atoms with E-state index in [0.29, 0.717) is 94.1 Å². The van der Waals surface area contributed by atoms with Crippen molar-refractivity contribution in [1.29, 1.82) is 0 Å². The summed E-state index contributed by atoms with van der Waals surface area (Å²) in [6, 6.07) is 19.4. The van der Waals surface area contributed by atoms with Crippen LogP contribution in [0.15, 0.2) is 85.2 Å². The molecule has 0 aliphatic carbocycles. The maximum atomic E-state index is 14.3. The number of benzene rings is 3. The van der Waals surface area contributed by atoms with Crippen molar-refractivity contribution in [3.8, 4) is 16.9 Å². The van der Waals surface area contributed by atoms with Crippen LogP contribution < -0.4 is 26.2 Å². The highest BCUT2D eigenvalue weighted by Crippen LogP contribution is 2.34. The lowest BCUT2D eigenvalue weighted by molar-refractivity contribution is -0.136. The topological polar surface area (TPSA) is 216 Å². The number of carbonyl (C=O) groups is 6. The van der Waals surface area contributed by atoms with Gasteiger partial charge in [0.25, 0.3) is 11.8 Å². The van der Waals surface area contributed by atoms with Crippen molar-refractivity contribution < 1.29 is 37.9 Å². The molecule has 1 unspecified atom stereocenters. The Labute approximate surface area is 422 Å². The van der Waals surface area contributed by atoms with Crippen LogP contribution in [0.25, 0.3) is 16.9 Å². The Morgan fingerprint density at radius 3 is 2.37 bits per heavy atom. The van der Waals surface area contributed by atoms with Gasteiger partial charge in [0.1, 0.15) is 23.4 Å². The summed E-state index contributed by atoms with van der Waals surface area (Å²) in [5.41, 5.74) is 4.61. The molecule has 19 nitrogen and oxygen atoms in total. The number of unbranched alkanes of at least 4 members (excludes halogenated alkanes) is 4. The van der Waals surface area contributed by atoms with Crippen LogP contribution in [-0.4, -0.2) is 148 Å². The summed E-state index contributed by atoms with van der Waals surface area (Å²) >= 11 is 0. The molecule has 0 radical (unpaired) electrons. The number of hydrogen-bond acceptors (Lipinski definition) is 13. The van der Waals surface area contributed by atoms with E-state index in [2.05, 4.69) is 31.1 Å². The third kappa shape index (κ3) is 11.4. The van der Waals surface area contributed by atoms with Crippen LogP contribution >= 0.6 is 0 Å². The second-order valence-electron chi connectivity index (χ2n) is 18.9. The van der Waals surface area contributed by atoms with E-state index in [1.54, 1.807) is 48.5 Å². The molecule has 3 aromatic carbocycles. The van der Waals surface area contributed by atoms with Crippen molar-refractivity contribution in [2.75, 3.05) is 81.6 Å². The number of rotatable bonds is 19. The summed E-state index contributed by atoms with van der Waals surface area (Å²) in [7, 11) is 1.65. The summed E-state index contributed by atoms with van der Waals surface area (Å²) in [6.45, 7) is 7.23. The van der Waals surface area contributed by atoms with E-state index in [-0.39, 0.29) is 47.7 Å². The number of ether oxygens (including phenoxy) is 1. The molecule has 5 aromatic rings. The van der Waals surface area contributed by atoms with Gasteiger partial charge in [-0.2, -0.15) is 5.10 Å². The second-order valence-corrected chi connectivity index (χ2v) is 18.9. The van der Waals surface area contributed by atoms with E-state index in [4.69, 9.17) is 19.8 Å². The van der Waals surface area contributed by atoms with Crippen LogP contribution in [0.4, 0.5) is 26.6 Å². The van der Waals surface area contributed by atoms with Gasteiger partial charge in [-0.15, -0.1) is 0 Å². The quantitative estimate of drug-likeness (QED) is 0.0594. The van der Waals surface area contributed by atoms with Crippen molar-refractivity contribution in [2.45, 2.75) is 76.3 Å². The molecule has 3 saturated heterocycles. The normalized spacial score (nSPS) is 19.1. The van der Waals surface area contributed by atoms with Crippen LogP contribution in [0.5, 0.6) is 0 Å². The number of fused-ring (bicyclic) bond motifs is 1. The minimum Gasteiger partial charge on any atom is -0.384 e. The third-order valence-corrected chi connectivity index (χ3v) is 14.1. The molecule has 4 N–H and O–H groups in total. The summed E-state index contributed by atoms with van der Waals surface area (Å²) < 4.78 is 21.4. The number of carbonyl (C=O) groups excluding carboxylic acids is 6. The lowest BCUT2D eigenvalue weighted by Gasteiger charge is -2.34. The van der Waals surface area contributed by atoms with Crippen molar-refractivity contribution in [2.24, 2.45) is 0 Å². The lowest BCUT2D eigenvalue weighted by Crippen LogP contribution is -2.54. The van der Waals surface area contributed by atoms with Gasteiger partial charge in [0.15, 0.2) is 0 Å². The fourth-order valence-corrected chi connectivity index (χ4v) is 10.2. The highest BCUT2D eigenvalue weighted by atomic mass is 19.1. The molecule has 3 atom stereocenters. The van der Waals surface area contributed by atoms with Gasteiger partial charge >= 0.3 is 6.03 Å². The highest BCUT2D eigenvalue weighted by Gasteiger charge is 2.45. The zero-order valence-electron chi connectivity index (χ0n) is 41.1. The summed E-state index contributed by atoms with van der Waals surface area (Å²) in [5.74, 6) is -1.40. The molecule has 4 aliphatic heterocycles. The monoisotopic (exact) mass is 996 g/mol. The van der Waals surface area contributed by atoms with E-state index in [9.17, 15) is 33.2 Å².